The highest BCUT2D eigenvalue weighted by atomic mass is 32.2. The normalized spacial score (nSPS) is 13.3. The zero-order valence-corrected chi connectivity index (χ0v) is 10.6. The Bertz CT molecular complexity index is 604. The van der Waals surface area contributed by atoms with E-state index >= 15 is 0 Å². The molecular weight excluding hydrogens is 300 g/mol. The van der Waals surface area contributed by atoms with Gasteiger partial charge in [-0.15, -0.1) is 0 Å². The summed E-state index contributed by atoms with van der Waals surface area (Å²) in [5.41, 5.74) is 0.143. The molecule has 1 aromatic carbocycles. The van der Waals surface area contributed by atoms with Gasteiger partial charge in [0, 0.05) is 0 Å². The van der Waals surface area contributed by atoms with Crippen molar-refractivity contribution in [2.24, 2.45) is 0 Å². The molecule has 0 saturated carbocycles. The number of rotatable bonds is 6. The lowest BCUT2D eigenvalue weighted by Crippen LogP contribution is -2.44. The summed E-state index contributed by atoms with van der Waals surface area (Å²) < 4.78 is 47.6. The zero-order valence-electron chi connectivity index (χ0n) is 9.82. The molecule has 0 radical (unpaired) electrons. The van der Waals surface area contributed by atoms with Gasteiger partial charge in [0.25, 0.3) is 10.0 Å². The Hall–Kier alpha value is -1.94. The molecule has 1 aromatic rings. The number of hydrogen-bond acceptors (Lipinski definition) is 5. The van der Waals surface area contributed by atoms with Gasteiger partial charge in [0.15, 0.2) is 11.5 Å². The molecule has 112 valence electrons. The first-order chi connectivity index (χ1) is 9.13. The van der Waals surface area contributed by atoms with Crippen LogP contribution in [0.3, 0.4) is 0 Å². The number of aromatic hydroxyl groups is 2. The smallest absolute Gasteiger partial charge is 0.350 e. The third-order valence-corrected chi connectivity index (χ3v) is 3.40. The van der Waals surface area contributed by atoms with Crippen LogP contribution in [0.25, 0.3) is 0 Å². The summed E-state index contributed by atoms with van der Waals surface area (Å²) in [6.45, 7) is 0. The highest BCUT2D eigenvalue weighted by Gasteiger charge is 2.30. The number of nitrogens with one attached hydrogen (secondary N) is 1. The van der Waals surface area contributed by atoms with Gasteiger partial charge in [0.05, 0.1) is 0 Å². The summed E-state index contributed by atoms with van der Waals surface area (Å²) in [6.07, 6.45) is -0.477. The molecule has 1 atom stereocenters. The van der Waals surface area contributed by atoms with E-state index in [2.05, 4.69) is 0 Å². The average Bonchev–Trinajstić information content (AvgIpc) is 2.32. The van der Waals surface area contributed by atoms with Gasteiger partial charge in [-0.3, -0.25) is 4.79 Å². The van der Waals surface area contributed by atoms with Gasteiger partial charge in [-0.2, -0.15) is 13.5 Å². The first-order valence-electron chi connectivity index (χ1n) is 5.16. The minimum absolute atomic E-state index is 0.143. The predicted molar refractivity (Wildman–Crippen MR) is 63.0 cm³/mol. The second kappa shape index (κ2) is 6.01. The molecule has 0 amide bonds. The Balaban J connectivity index is 2.93. The van der Waals surface area contributed by atoms with Crippen molar-refractivity contribution in [2.75, 3.05) is 0 Å². The van der Waals surface area contributed by atoms with Crippen LogP contribution in [0, 0.1) is 0 Å². The lowest BCUT2D eigenvalue weighted by Gasteiger charge is -2.14. The summed E-state index contributed by atoms with van der Waals surface area (Å²) in [5.74, 6) is -6.39. The van der Waals surface area contributed by atoms with E-state index in [1.165, 1.54) is 10.8 Å². The molecule has 0 saturated heterocycles. The topological polar surface area (TPSA) is 124 Å². The predicted octanol–water partition coefficient (Wildman–Crippen LogP) is 0.236. The fraction of sp³-hybridized carbons (Fsp3) is 0.300. The number of hydrogen-bond donors (Lipinski definition) is 4. The first kappa shape index (κ1) is 16.1. The van der Waals surface area contributed by atoms with Crippen LogP contribution >= 0.6 is 0 Å². The van der Waals surface area contributed by atoms with E-state index < -0.39 is 45.7 Å². The molecular formula is C10H11F2NO6S. The van der Waals surface area contributed by atoms with E-state index in [0.717, 1.165) is 12.1 Å². The van der Waals surface area contributed by atoms with Gasteiger partial charge in [-0.05, 0) is 24.1 Å². The van der Waals surface area contributed by atoms with Crippen LogP contribution in [-0.4, -0.2) is 41.5 Å². The molecule has 0 aliphatic carbocycles. The molecule has 0 aliphatic heterocycles. The van der Waals surface area contributed by atoms with E-state index in [0.29, 0.717) is 0 Å². The van der Waals surface area contributed by atoms with Crippen LogP contribution in [0.5, 0.6) is 11.5 Å². The average molecular weight is 311 g/mol. The van der Waals surface area contributed by atoms with Crippen molar-refractivity contribution in [3.63, 3.8) is 0 Å². The molecule has 1 unspecified atom stereocenters. The molecule has 4 N–H and O–H groups in total. The molecule has 0 aromatic heterocycles. The molecule has 0 spiro atoms. The number of benzene rings is 1. The van der Waals surface area contributed by atoms with Crippen molar-refractivity contribution in [3.8, 4) is 11.5 Å². The van der Waals surface area contributed by atoms with Crippen LogP contribution in [0.15, 0.2) is 18.2 Å². The van der Waals surface area contributed by atoms with Gasteiger partial charge in [-0.25, -0.2) is 8.42 Å². The lowest BCUT2D eigenvalue weighted by atomic mass is 10.1. The maximum Gasteiger partial charge on any atom is 0.350 e. The zero-order chi connectivity index (χ0) is 15.5. The largest absolute Gasteiger partial charge is 0.504 e. The summed E-state index contributed by atoms with van der Waals surface area (Å²) in [5, 5.41) is 27.1. The van der Waals surface area contributed by atoms with Crippen LogP contribution < -0.4 is 4.72 Å². The van der Waals surface area contributed by atoms with E-state index in [-0.39, 0.29) is 5.56 Å². The highest BCUT2D eigenvalue weighted by Crippen LogP contribution is 2.25. The van der Waals surface area contributed by atoms with Crippen LogP contribution in [0.1, 0.15) is 5.56 Å². The van der Waals surface area contributed by atoms with Crippen molar-refractivity contribution in [3.05, 3.63) is 23.8 Å². The molecule has 7 nitrogen and oxygen atoms in total. The number of aliphatic carboxylic acids is 1. The number of carboxylic acids is 1. The molecule has 0 aliphatic rings. The van der Waals surface area contributed by atoms with Gasteiger partial charge in [0.1, 0.15) is 6.04 Å². The van der Waals surface area contributed by atoms with Crippen LogP contribution in [0.2, 0.25) is 0 Å². The van der Waals surface area contributed by atoms with Crippen molar-refractivity contribution >= 4 is 16.0 Å². The van der Waals surface area contributed by atoms with E-state index in [9.17, 15) is 27.1 Å². The van der Waals surface area contributed by atoms with Crippen molar-refractivity contribution in [1.82, 2.24) is 4.72 Å². The summed E-state index contributed by atoms with van der Waals surface area (Å²) >= 11 is 0. The van der Waals surface area contributed by atoms with E-state index in [4.69, 9.17) is 10.2 Å². The molecule has 0 heterocycles. The van der Waals surface area contributed by atoms with Crippen molar-refractivity contribution in [2.45, 2.75) is 18.2 Å². The van der Waals surface area contributed by atoms with Crippen molar-refractivity contribution < 1.29 is 37.3 Å². The monoisotopic (exact) mass is 311 g/mol. The fourth-order valence-electron chi connectivity index (χ4n) is 1.36. The quantitative estimate of drug-likeness (QED) is 0.558. The number of halogens is 2. The Morgan fingerprint density at radius 1 is 1.25 bits per heavy atom. The number of carboxylic acid groups (broad SMARTS) is 1. The van der Waals surface area contributed by atoms with Crippen LogP contribution in [-0.2, 0) is 21.2 Å². The van der Waals surface area contributed by atoms with Crippen LogP contribution in [0.4, 0.5) is 8.78 Å². The Kier molecular flexibility index (Phi) is 4.84. The SMILES string of the molecule is O=C(O)C(Cc1ccc(O)c(O)c1)NS(=O)(=O)C(F)F. The first-order valence-corrected chi connectivity index (χ1v) is 6.71. The Morgan fingerprint density at radius 2 is 1.85 bits per heavy atom. The van der Waals surface area contributed by atoms with E-state index in [1.807, 2.05) is 0 Å². The minimum atomic E-state index is -5.06. The molecule has 10 heteroatoms. The highest BCUT2D eigenvalue weighted by molar-refractivity contribution is 7.89. The number of phenols is 2. The minimum Gasteiger partial charge on any atom is -0.504 e. The van der Waals surface area contributed by atoms with Crippen molar-refractivity contribution in [1.29, 1.82) is 0 Å². The number of phenolic OH excluding ortho intramolecular Hbond substituents is 2. The van der Waals surface area contributed by atoms with Gasteiger partial charge >= 0.3 is 11.7 Å². The third-order valence-electron chi connectivity index (χ3n) is 2.32. The lowest BCUT2D eigenvalue weighted by molar-refractivity contribution is -0.138. The molecule has 1 rings (SSSR count). The van der Waals surface area contributed by atoms with Gasteiger partial charge in [0.2, 0.25) is 0 Å². The standard InChI is InChI=1S/C10H11F2NO6S/c11-10(12)20(18,19)13-6(9(16)17)3-5-1-2-7(14)8(15)4-5/h1-2,4,6,10,13-15H,3H2,(H,16,17). The fourth-order valence-corrected chi connectivity index (χ4v) is 2.04. The molecule has 0 bridgehead atoms. The Labute approximate surface area is 112 Å². The summed E-state index contributed by atoms with van der Waals surface area (Å²) in [7, 11) is -5.06. The van der Waals surface area contributed by atoms with E-state index in [1.54, 1.807) is 0 Å². The molecule has 0 fully saturated rings. The third kappa shape index (κ3) is 4.03. The maximum absolute atomic E-state index is 12.2. The van der Waals surface area contributed by atoms with Gasteiger partial charge < -0.3 is 15.3 Å². The summed E-state index contributed by atoms with van der Waals surface area (Å²) in [4.78, 5) is 10.9. The number of sulfonamides is 1. The summed E-state index contributed by atoms with van der Waals surface area (Å²) in [6, 6.07) is 1.47. The Morgan fingerprint density at radius 3 is 2.30 bits per heavy atom. The van der Waals surface area contributed by atoms with Gasteiger partial charge in [-0.1, -0.05) is 6.07 Å². The molecule has 20 heavy (non-hydrogen) atoms. The second-order valence-corrected chi connectivity index (χ2v) is 5.52. The maximum atomic E-state index is 12.2. The second-order valence-electron chi connectivity index (χ2n) is 3.84. The number of carbonyl (C=O) groups is 1. The number of alkyl halides is 2.